The van der Waals surface area contributed by atoms with Crippen LogP contribution in [0.5, 0.6) is 5.75 Å². The second kappa shape index (κ2) is 4.89. The van der Waals surface area contributed by atoms with Gasteiger partial charge in [-0.1, -0.05) is 0 Å². The van der Waals surface area contributed by atoms with Gasteiger partial charge in [0.1, 0.15) is 11.6 Å². The average molecular weight is 477 g/mol. The zero-order valence-electron chi connectivity index (χ0n) is 9.91. The largest absolute Gasteiger partial charge is 0.506 e. The maximum Gasteiger partial charge on any atom is 0.178 e. The highest BCUT2D eigenvalue weighted by atomic mass is 127. The molecule has 3 rings (SSSR count). The molecular weight excluding hydrogens is 468 g/mol. The first-order chi connectivity index (χ1) is 9.04. The van der Waals surface area contributed by atoms with E-state index < -0.39 is 0 Å². The smallest absolute Gasteiger partial charge is 0.178 e. The lowest BCUT2D eigenvalue weighted by molar-refractivity contribution is 0.473. The monoisotopic (exact) mass is 477 g/mol. The minimum absolute atomic E-state index is 0.247. The van der Waals surface area contributed by atoms with Crippen LogP contribution in [-0.4, -0.2) is 20.1 Å². The van der Waals surface area contributed by atoms with Crippen LogP contribution in [0, 0.1) is 14.1 Å². The molecule has 0 aliphatic carbocycles. The van der Waals surface area contributed by atoms with Crippen LogP contribution in [0.25, 0.3) is 22.6 Å². The quantitative estimate of drug-likeness (QED) is 0.524. The predicted molar refractivity (Wildman–Crippen MR) is 91.2 cm³/mol. The van der Waals surface area contributed by atoms with Crippen molar-refractivity contribution in [1.82, 2.24) is 15.0 Å². The van der Waals surface area contributed by atoms with Crippen molar-refractivity contribution in [3.63, 3.8) is 0 Å². The van der Waals surface area contributed by atoms with Gasteiger partial charge in [0.05, 0.1) is 14.7 Å². The summed E-state index contributed by atoms with van der Waals surface area (Å²) < 4.78 is 1.86. The lowest BCUT2D eigenvalue weighted by Crippen LogP contribution is -1.86. The van der Waals surface area contributed by atoms with Crippen molar-refractivity contribution in [2.24, 2.45) is 0 Å². The number of aromatic nitrogens is 3. The Morgan fingerprint density at radius 3 is 2.74 bits per heavy atom. The number of H-pyrrole nitrogens is 1. The van der Waals surface area contributed by atoms with Crippen LogP contribution >= 0.6 is 45.2 Å². The minimum Gasteiger partial charge on any atom is -0.506 e. The van der Waals surface area contributed by atoms with E-state index in [0.717, 1.165) is 18.4 Å². The summed E-state index contributed by atoms with van der Waals surface area (Å²) in [5, 5.41) is 10.2. The Morgan fingerprint density at radius 1 is 1.16 bits per heavy atom. The molecule has 0 fully saturated rings. The Bertz CT molecular complexity index is 783. The number of aromatic amines is 1. The second-order valence-electron chi connectivity index (χ2n) is 4.19. The Morgan fingerprint density at radius 2 is 1.95 bits per heavy atom. The number of aromatic hydroxyl groups is 1. The third kappa shape index (κ3) is 2.42. The Labute approximate surface area is 137 Å². The standard InChI is InChI=1S/C13H9I2N3O/c1-6-2-3-10-13(16-6)18-12(17-10)8-4-7(14)5-9(15)11(8)19/h2-5,19H,1H3,(H,16,17,18). The summed E-state index contributed by atoms with van der Waals surface area (Å²) in [6.45, 7) is 1.93. The van der Waals surface area contributed by atoms with E-state index in [4.69, 9.17) is 0 Å². The molecule has 0 unspecified atom stereocenters. The SMILES string of the molecule is Cc1ccc2[nH]c(-c3cc(I)cc(I)c3O)nc2n1. The molecule has 0 bridgehead atoms. The summed E-state index contributed by atoms with van der Waals surface area (Å²) in [5.74, 6) is 0.888. The van der Waals surface area contributed by atoms with Crippen molar-refractivity contribution >= 4 is 56.3 Å². The van der Waals surface area contributed by atoms with Crippen LogP contribution in [-0.2, 0) is 0 Å². The van der Waals surface area contributed by atoms with Crippen molar-refractivity contribution < 1.29 is 5.11 Å². The van der Waals surface area contributed by atoms with Gasteiger partial charge >= 0.3 is 0 Å². The molecule has 0 aliphatic rings. The van der Waals surface area contributed by atoms with E-state index in [0.29, 0.717) is 17.0 Å². The van der Waals surface area contributed by atoms with Crippen molar-refractivity contribution in [2.75, 3.05) is 0 Å². The van der Waals surface area contributed by atoms with Gasteiger partial charge in [0, 0.05) is 9.26 Å². The predicted octanol–water partition coefficient (Wildman–Crippen LogP) is 3.85. The third-order valence-corrected chi connectivity index (χ3v) is 4.21. The lowest BCUT2D eigenvalue weighted by atomic mass is 10.2. The molecule has 19 heavy (non-hydrogen) atoms. The summed E-state index contributed by atoms with van der Waals surface area (Å²) in [6, 6.07) is 7.71. The number of hydrogen-bond acceptors (Lipinski definition) is 3. The number of hydrogen-bond donors (Lipinski definition) is 2. The number of nitrogens with one attached hydrogen (secondary N) is 1. The number of fused-ring (bicyclic) bond motifs is 1. The lowest BCUT2D eigenvalue weighted by Gasteiger charge is -2.04. The topological polar surface area (TPSA) is 61.8 Å². The van der Waals surface area contributed by atoms with Gasteiger partial charge in [-0.25, -0.2) is 9.97 Å². The average Bonchev–Trinajstić information content (AvgIpc) is 2.76. The van der Waals surface area contributed by atoms with Gasteiger partial charge < -0.3 is 10.1 Å². The number of aryl methyl sites for hydroxylation is 1. The summed E-state index contributed by atoms with van der Waals surface area (Å²) in [7, 11) is 0. The number of pyridine rings is 1. The fraction of sp³-hybridized carbons (Fsp3) is 0.0769. The normalized spacial score (nSPS) is 11.1. The third-order valence-electron chi connectivity index (χ3n) is 2.77. The van der Waals surface area contributed by atoms with Gasteiger partial charge in [0.2, 0.25) is 0 Å². The number of halogens is 2. The number of rotatable bonds is 1. The zero-order chi connectivity index (χ0) is 13.6. The molecule has 2 aromatic heterocycles. The zero-order valence-corrected chi connectivity index (χ0v) is 14.2. The van der Waals surface area contributed by atoms with E-state index in [1.165, 1.54) is 0 Å². The molecule has 0 spiro atoms. The molecule has 0 amide bonds. The first-order valence-corrected chi connectivity index (χ1v) is 7.72. The molecule has 6 heteroatoms. The van der Waals surface area contributed by atoms with Crippen LogP contribution in [0.2, 0.25) is 0 Å². The van der Waals surface area contributed by atoms with Gasteiger partial charge in [0.25, 0.3) is 0 Å². The Balaban J connectivity index is 2.24. The Hall–Kier alpha value is -0.900. The van der Waals surface area contributed by atoms with Gasteiger partial charge in [-0.3, -0.25) is 0 Å². The maximum atomic E-state index is 10.2. The van der Waals surface area contributed by atoms with Gasteiger partial charge in [-0.15, -0.1) is 0 Å². The summed E-state index contributed by atoms with van der Waals surface area (Å²) in [6.07, 6.45) is 0. The molecule has 3 aromatic rings. The fourth-order valence-electron chi connectivity index (χ4n) is 1.86. The summed E-state index contributed by atoms with van der Waals surface area (Å²) >= 11 is 4.34. The second-order valence-corrected chi connectivity index (χ2v) is 6.60. The number of benzene rings is 1. The van der Waals surface area contributed by atoms with Crippen molar-refractivity contribution in [2.45, 2.75) is 6.92 Å². The molecule has 0 saturated heterocycles. The van der Waals surface area contributed by atoms with Gasteiger partial charge in [-0.05, 0) is 76.4 Å². The highest BCUT2D eigenvalue weighted by Crippen LogP contribution is 2.34. The van der Waals surface area contributed by atoms with Gasteiger partial charge in [0.15, 0.2) is 5.65 Å². The maximum absolute atomic E-state index is 10.2. The first kappa shape index (κ1) is 13.1. The van der Waals surface area contributed by atoms with Crippen molar-refractivity contribution in [1.29, 1.82) is 0 Å². The van der Waals surface area contributed by atoms with E-state index in [1.54, 1.807) is 0 Å². The molecule has 0 saturated carbocycles. The van der Waals surface area contributed by atoms with Crippen molar-refractivity contribution in [3.05, 3.63) is 37.1 Å². The van der Waals surface area contributed by atoms with Gasteiger partial charge in [-0.2, -0.15) is 0 Å². The van der Waals surface area contributed by atoms with Crippen LogP contribution < -0.4 is 0 Å². The molecule has 0 radical (unpaired) electrons. The van der Waals surface area contributed by atoms with E-state index in [2.05, 4.69) is 60.1 Å². The van der Waals surface area contributed by atoms with E-state index in [1.807, 2.05) is 31.2 Å². The highest BCUT2D eigenvalue weighted by molar-refractivity contribution is 14.1. The van der Waals surface area contributed by atoms with E-state index >= 15 is 0 Å². The van der Waals surface area contributed by atoms with Crippen LogP contribution in [0.4, 0.5) is 0 Å². The molecule has 2 heterocycles. The molecule has 0 aliphatic heterocycles. The number of imidazole rings is 1. The molecule has 0 atom stereocenters. The first-order valence-electron chi connectivity index (χ1n) is 5.56. The summed E-state index contributed by atoms with van der Waals surface area (Å²) in [4.78, 5) is 12.0. The van der Waals surface area contributed by atoms with E-state index in [9.17, 15) is 5.11 Å². The molecule has 1 aromatic carbocycles. The summed E-state index contributed by atoms with van der Waals surface area (Å²) in [5.41, 5.74) is 3.16. The van der Waals surface area contributed by atoms with Crippen LogP contribution in [0.3, 0.4) is 0 Å². The number of phenolic OH excluding ortho intramolecular Hbond substituents is 1. The molecule has 96 valence electrons. The minimum atomic E-state index is 0.247. The Kier molecular flexibility index (Phi) is 3.37. The molecular formula is C13H9I2N3O. The number of nitrogens with zero attached hydrogens (tertiary/aromatic N) is 2. The van der Waals surface area contributed by atoms with Crippen molar-refractivity contribution in [3.8, 4) is 17.1 Å². The van der Waals surface area contributed by atoms with Crippen LogP contribution in [0.1, 0.15) is 5.69 Å². The fourth-order valence-corrected chi connectivity index (χ4v) is 3.71. The molecule has 4 nitrogen and oxygen atoms in total. The van der Waals surface area contributed by atoms with E-state index in [-0.39, 0.29) is 5.75 Å². The number of phenols is 1. The van der Waals surface area contributed by atoms with Crippen LogP contribution in [0.15, 0.2) is 24.3 Å². The highest BCUT2D eigenvalue weighted by Gasteiger charge is 2.13. The molecule has 2 N–H and O–H groups in total.